The number of nitrogens with zero attached hydrogens (tertiary/aromatic N) is 1. The summed E-state index contributed by atoms with van der Waals surface area (Å²) >= 11 is 0. The van der Waals surface area contributed by atoms with E-state index in [1.807, 2.05) is 13.8 Å². The van der Waals surface area contributed by atoms with Gasteiger partial charge in [-0.3, -0.25) is 0 Å². The van der Waals surface area contributed by atoms with Gasteiger partial charge in [-0.15, -0.1) is 0 Å². The van der Waals surface area contributed by atoms with E-state index in [4.69, 9.17) is 0 Å². The predicted octanol–water partition coefficient (Wildman–Crippen LogP) is 1.89. The van der Waals surface area contributed by atoms with Crippen LogP contribution in [0.1, 0.15) is 52.4 Å². The summed E-state index contributed by atoms with van der Waals surface area (Å²) in [6, 6.07) is 0.168. The van der Waals surface area contributed by atoms with E-state index >= 15 is 0 Å². The van der Waals surface area contributed by atoms with E-state index in [1.165, 1.54) is 0 Å². The molecule has 0 amide bonds. The summed E-state index contributed by atoms with van der Waals surface area (Å²) in [5.74, 6) is 0. The topological polar surface area (TPSA) is 49.4 Å². The van der Waals surface area contributed by atoms with Crippen LogP contribution in [-0.4, -0.2) is 31.9 Å². The van der Waals surface area contributed by atoms with Crippen LogP contribution in [-0.2, 0) is 10.2 Å². The van der Waals surface area contributed by atoms with Crippen molar-refractivity contribution in [1.82, 2.24) is 9.03 Å². The van der Waals surface area contributed by atoms with Crippen molar-refractivity contribution < 1.29 is 8.42 Å². The molecule has 1 aliphatic carbocycles. The molecule has 0 bridgehead atoms. The molecular formula is C11H24N2O2S. The highest BCUT2D eigenvalue weighted by atomic mass is 32.2. The van der Waals surface area contributed by atoms with Crippen LogP contribution in [0.15, 0.2) is 0 Å². The zero-order valence-electron chi connectivity index (χ0n) is 10.4. The first-order valence-electron chi connectivity index (χ1n) is 6.37. The molecule has 16 heavy (non-hydrogen) atoms. The summed E-state index contributed by atoms with van der Waals surface area (Å²) in [4.78, 5) is 0. The molecular weight excluding hydrogens is 224 g/mol. The van der Waals surface area contributed by atoms with Crippen LogP contribution in [0.4, 0.5) is 0 Å². The van der Waals surface area contributed by atoms with Crippen molar-refractivity contribution >= 4 is 10.2 Å². The Labute approximate surface area is 99.6 Å². The predicted molar refractivity (Wildman–Crippen MR) is 66.5 cm³/mol. The summed E-state index contributed by atoms with van der Waals surface area (Å²) in [7, 11) is -3.25. The van der Waals surface area contributed by atoms with Gasteiger partial charge in [-0.2, -0.15) is 17.4 Å². The number of rotatable bonds is 7. The smallest absolute Gasteiger partial charge is 0.199 e. The van der Waals surface area contributed by atoms with Crippen molar-refractivity contribution in [1.29, 1.82) is 0 Å². The number of hydrogen-bond acceptors (Lipinski definition) is 2. The molecule has 0 heterocycles. The van der Waals surface area contributed by atoms with E-state index in [0.29, 0.717) is 13.1 Å². The van der Waals surface area contributed by atoms with Gasteiger partial charge in [-0.05, 0) is 25.7 Å². The lowest BCUT2D eigenvalue weighted by molar-refractivity contribution is 0.395. The van der Waals surface area contributed by atoms with Crippen molar-refractivity contribution in [3.63, 3.8) is 0 Å². The van der Waals surface area contributed by atoms with E-state index < -0.39 is 10.2 Å². The molecule has 0 atom stereocenters. The van der Waals surface area contributed by atoms with Gasteiger partial charge in [0.2, 0.25) is 0 Å². The van der Waals surface area contributed by atoms with Gasteiger partial charge in [0.1, 0.15) is 0 Å². The average molecular weight is 248 g/mol. The van der Waals surface area contributed by atoms with Crippen molar-refractivity contribution in [2.24, 2.45) is 0 Å². The van der Waals surface area contributed by atoms with Crippen molar-refractivity contribution in [2.75, 3.05) is 13.1 Å². The minimum absolute atomic E-state index is 0.168. The molecule has 0 unspecified atom stereocenters. The first-order valence-corrected chi connectivity index (χ1v) is 7.81. The molecule has 0 aliphatic heterocycles. The van der Waals surface area contributed by atoms with E-state index in [-0.39, 0.29) is 6.04 Å². The van der Waals surface area contributed by atoms with Gasteiger partial charge in [0.15, 0.2) is 0 Å². The number of nitrogens with one attached hydrogen (secondary N) is 1. The van der Waals surface area contributed by atoms with E-state index in [1.54, 1.807) is 4.31 Å². The fraction of sp³-hybridized carbons (Fsp3) is 1.00. The molecule has 0 radical (unpaired) electrons. The molecule has 1 saturated carbocycles. The largest absolute Gasteiger partial charge is 0.279 e. The zero-order chi connectivity index (χ0) is 12.0. The first kappa shape index (κ1) is 13.9. The maximum absolute atomic E-state index is 12.1. The maximum Gasteiger partial charge on any atom is 0.279 e. The second kappa shape index (κ2) is 6.57. The van der Waals surface area contributed by atoms with Crippen LogP contribution in [0.3, 0.4) is 0 Å². The highest BCUT2D eigenvalue weighted by Crippen LogP contribution is 2.19. The third-order valence-corrected chi connectivity index (χ3v) is 4.63. The second-order valence-electron chi connectivity index (χ2n) is 4.50. The molecule has 0 aromatic carbocycles. The summed E-state index contributed by atoms with van der Waals surface area (Å²) in [5, 5.41) is 0. The maximum atomic E-state index is 12.1. The Balaban J connectivity index is 2.57. The second-order valence-corrected chi connectivity index (χ2v) is 6.21. The summed E-state index contributed by atoms with van der Waals surface area (Å²) in [6.07, 6.45) is 6.01. The number of hydrogen-bond donors (Lipinski definition) is 1. The van der Waals surface area contributed by atoms with Crippen LogP contribution in [0.5, 0.6) is 0 Å². The minimum Gasteiger partial charge on any atom is -0.199 e. The quantitative estimate of drug-likeness (QED) is 0.748. The van der Waals surface area contributed by atoms with Crippen LogP contribution in [0.25, 0.3) is 0 Å². The lowest BCUT2D eigenvalue weighted by Gasteiger charge is -2.23. The molecule has 1 fully saturated rings. The fourth-order valence-corrected chi connectivity index (χ4v) is 3.83. The van der Waals surface area contributed by atoms with Gasteiger partial charge in [-0.1, -0.05) is 26.7 Å². The van der Waals surface area contributed by atoms with Crippen molar-refractivity contribution in [3.05, 3.63) is 0 Å². The van der Waals surface area contributed by atoms with Gasteiger partial charge in [-0.25, -0.2) is 0 Å². The van der Waals surface area contributed by atoms with Gasteiger partial charge in [0.05, 0.1) is 0 Å². The molecule has 0 spiro atoms. The Kier molecular flexibility index (Phi) is 5.72. The van der Waals surface area contributed by atoms with E-state index in [2.05, 4.69) is 4.72 Å². The highest BCUT2D eigenvalue weighted by molar-refractivity contribution is 7.87. The SMILES string of the molecule is CCCN(CCC)S(=O)(=O)NC1CCCC1. The average Bonchev–Trinajstić information content (AvgIpc) is 2.69. The molecule has 0 aromatic heterocycles. The van der Waals surface area contributed by atoms with E-state index in [9.17, 15) is 8.42 Å². The van der Waals surface area contributed by atoms with Gasteiger partial charge < -0.3 is 0 Å². The Morgan fingerprint density at radius 3 is 2.06 bits per heavy atom. The fourth-order valence-electron chi connectivity index (χ4n) is 2.18. The monoisotopic (exact) mass is 248 g/mol. The third-order valence-electron chi connectivity index (χ3n) is 2.96. The lowest BCUT2D eigenvalue weighted by atomic mass is 10.3. The summed E-state index contributed by atoms with van der Waals surface area (Å²) in [5.41, 5.74) is 0. The first-order chi connectivity index (χ1) is 7.60. The highest BCUT2D eigenvalue weighted by Gasteiger charge is 2.25. The Bertz CT molecular complexity index is 278. The van der Waals surface area contributed by atoms with Gasteiger partial charge >= 0.3 is 0 Å². The zero-order valence-corrected chi connectivity index (χ0v) is 11.2. The standard InChI is InChI=1S/C11H24N2O2S/c1-3-9-13(10-4-2)16(14,15)12-11-7-5-6-8-11/h11-12H,3-10H2,1-2H3. The van der Waals surface area contributed by atoms with Crippen molar-refractivity contribution in [2.45, 2.75) is 58.4 Å². The molecule has 0 saturated heterocycles. The molecule has 1 N–H and O–H groups in total. The Hall–Kier alpha value is -0.130. The molecule has 1 aliphatic rings. The van der Waals surface area contributed by atoms with Crippen LogP contribution in [0, 0.1) is 0 Å². The van der Waals surface area contributed by atoms with Gasteiger partial charge in [0.25, 0.3) is 10.2 Å². The van der Waals surface area contributed by atoms with E-state index in [0.717, 1.165) is 38.5 Å². The van der Waals surface area contributed by atoms with Crippen LogP contribution >= 0.6 is 0 Å². The molecule has 4 nitrogen and oxygen atoms in total. The molecule has 0 aromatic rings. The molecule has 1 rings (SSSR count). The third kappa shape index (κ3) is 4.03. The van der Waals surface area contributed by atoms with Crippen molar-refractivity contribution in [3.8, 4) is 0 Å². The summed E-state index contributed by atoms with van der Waals surface area (Å²) in [6.45, 7) is 5.26. The lowest BCUT2D eigenvalue weighted by Crippen LogP contribution is -2.45. The minimum atomic E-state index is -3.25. The summed E-state index contributed by atoms with van der Waals surface area (Å²) < 4.78 is 28.6. The normalized spacial score (nSPS) is 18.4. The van der Waals surface area contributed by atoms with Crippen LogP contribution < -0.4 is 4.72 Å². The Morgan fingerprint density at radius 2 is 1.62 bits per heavy atom. The molecule has 5 heteroatoms. The Morgan fingerprint density at radius 1 is 1.12 bits per heavy atom. The van der Waals surface area contributed by atoms with Crippen LogP contribution in [0.2, 0.25) is 0 Å². The van der Waals surface area contributed by atoms with Gasteiger partial charge in [0, 0.05) is 19.1 Å². The molecule has 96 valence electrons.